The molecular formula is C14H18FN3O. The van der Waals surface area contributed by atoms with E-state index >= 15 is 0 Å². The Bertz CT molecular complexity index is 539. The molecule has 0 aliphatic carbocycles. The zero-order valence-corrected chi connectivity index (χ0v) is 11.4. The number of benzene rings is 1. The van der Waals surface area contributed by atoms with Gasteiger partial charge in [0.05, 0.1) is 5.69 Å². The van der Waals surface area contributed by atoms with Gasteiger partial charge in [0, 0.05) is 25.3 Å². The molecule has 0 bridgehead atoms. The average molecular weight is 263 g/mol. The minimum atomic E-state index is -0.280. The fourth-order valence-corrected chi connectivity index (χ4v) is 1.64. The summed E-state index contributed by atoms with van der Waals surface area (Å²) in [6.07, 6.45) is 1.61. The van der Waals surface area contributed by atoms with E-state index in [1.165, 1.54) is 12.1 Å². The highest BCUT2D eigenvalue weighted by Gasteiger charge is 2.11. The molecule has 0 saturated heterocycles. The minimum Gasteiger partial charge on any atom is -0.431 e. The Kier molecular flexibility index (Phi) is 4.16. The van der Waals surface area contributed by atoms with Crippen LogP contribution in [0.3, 0.4) is 0 Å². The smallest absolute Gasteiger partial charge is 0.301 e. The Hall–Kier alpha value is -1.88. The maximum atomic E-state index is 13.2. The molecule has 2 rings (SSSR count). The van der Waals surface area contributed by atoms with Gasteiger partial charge in [-0.1, -0.05) is 19.9 Å². The van der Waals surface area contributed by atoms with Crippen molar-refractivity contribution in [3.8, 4) is 0 Å². The van der Waals surface area contributed by atoms with E-state index in [1.807, 2.05) is 0 Å². The van der Waals surface area contributed by atoms with E-state index in [2.05, 4.69) is 24.1 Å². The van der Waals surface area contributed by atoms with Crippen LogP contribution in [0.1, 0.15) is 19.5 Å². The van der Waals surface area contributed by atoms with Crippen LogP contribution in [0.5, 0.6) is 0 Å². The van der Waals surface area contributed by atoms with Gasteiger partial charge in [0.15, 0.2) is 0 Å². The second-order valence-corrected chi connectivity index (χ2v) is 4.70. The molecule has 5 heteroatoms. The topological polar surface area (TPSA) is 41.3 Å². The van der Waals surface area contributed by atoms with Crippen LogP contribution >= 0.6 is 0 Å². The fourth-order valence-electron chi connectivity index (χ4n) is 1.64. The molecule has 0 spiro atoms. The van der Waals surface area contributed by atoms with Gasteiger partial charge in [0.2, 0.25) is 0 Å². The van der Waals surface area contributed by atoms with Crippen molar-refractivity contribution in [1.29, 1.82) is 0 Å². The van der Waals surface area contributed by atoms with Crippen molar-refractivity contribution in [2.45, 2.75) is 26.4 Å². The van der Waals surface area contributed by atoms with E-state index in [4.69, 9.17) is 4.42 Å². The molecule has 0 unspecified atom stereocenters. The summed E-state index contributed by atoms with van der Waals surface area (Å²) in [5.41, 5.74) is 1.53. The lowest BCUT2D eigenvalue weighted by Crippen LogP contribution is -2.22. The Balaban J connectivity index is 2.09. The van der Waals surface area contributed by atoms with Gasteiger partial charge >= 0.3 is 6.01 Å². The molecule has 0 fully saturated rings. The largest absolute Gasteiger partial charge is 0.431 e. The number of hydrogen-bond donors (Lipinski definition) is 1. The number of hydrogen-bond acceptors (Lipinski definition) is 4. The summed E-state index contributed by atoms with van der Waals surface area (Å²) in [5.74, 6) is -0.280. The SMILES string of the molecule is CC(C)NCc1coc(N(C)c2cccc(F)c2)n1. The number of nitrogens with zero attached hydrogens (tertiary/aromatic N) is 2. The summed E-state index contributed by atoms with van der Waals surface area (Å²) >= 11 is 0. The Labute approximate surface area is 112 Å². The van der Waals surface area contributed by atoms with E-state index in [1.54, 1.807) is 30.3 Å². The molecule has 1 aromatic heterocycles. The summed E-state index contributed by atoms with van der Waals surface area (Å²) in [6.45, 7) is 4.79. The van der Waals surface area contributed by atoms with Crippen molar-refractivity contribution in [3.05, 3.63) is 42.0 Å². The Morgan fingerprint density at radius 1 is 1.42 bits per heavy atom. The molecule has 0 aliphatic rings. The predicted molar refractivity (Wildman–Crippen MR) is 72.9 cm³/mol. The Morgan fingerprint density at radius 3 is 2.89 bits per heavy atom. The molecule has 0 aliphatic heterocycles. The van der Waals surface area contributed by atoms with Gasteiger partial charge in [-0.2, -0.15) is 4.98 Å². The van der Waals surface area contributed by atoms with Gasteiger partial charge < -0.3 is 9.73 Å². The van der Waals surface area contributed by atoms with E-state index in [-0.39, 0.29) is 5.82 Å². The van der Waals surface area contributed by atoms with Gasteiger partial charge in [-0.15, -0.1) is 0 Å². The Morgan fingerprint density at radius 2 is 2.21 bits per heavy atom. The highest BCUT2D eigenvalue weighted by atomic mass is 19.1. The van der Waals surface area contributed by atoms with Crippen molar-refractivity contribution in [3.63, 3.8) is 0 Å². The molecule has 0 radical (unpaired) electrons. The summed E-state index contributed by atoms with van der Waals surface area (Å²) in [7, 11) is 1.79. The van der Waals surface area contributed by atoms with Crippen LogP contribution in [0, 0.1) is 5.82 Å². The van der Waals surface area contributed by atoms with Gasteiger partial charge in [-0.3, -0.25) is 4.90 Å². The normalized spacial score (nSPS) is 11.0. The molecule has 0 saturated carbocycles. The molecule has 1 aromatic carbocycles. The average Bonchev–Trinajstić information content (AvgIpc) is 2.84. The number of halogens is 1. The third kappa shape index (κ3) is 3.54. The molecule has 102 valence electrons. The van der Waals surface area contributed by atoms with E-state index < -0.39 is 0 Å². The van der Waals surface area contributed by atoms with E-state index in [0.29, 0.717) is 24.3 Å². The maximum absolute atomic E-state index is 13.2. The van der Waals surface area contributed by atoms with Crippen LogP contribution in [0.15, 0.2) is 34.9 Å². The zero-order chi connectivity index (χ0) is 13.8. The third-order valence-corrected chi connectivity index (χ3v) is 2.71. The summed E-state index contributed by atoms with van der Waals surface area (Å²) in [4.78, 5) is 6.07. The zero-order valence-electron chi connectivity index (χ0n) is 11.4. The molecule has 0 atom stereocenters. The molecular weight excluding hydrogens is 245 g/mol. The highest BCUT2D eigenvalue weighted by molar-refractivity contribution is 5.55. The van der Waals surface area contributed by atoms with Crippen molar-refractivity contribution in [2.75, 3.05) is 11.9 Å². The lowest BCUT2D eigenvalue weighted by atomic mass is 10.3. The summed E-state index contributed by atoms with van der Waals surface area (Å²) in [6, 6.07) is 7.15. The maximum Gasteiger partial charge on any atom is 0.301 e. The van der Waals surface area contributed by atoms with Crippen molar-refractivity contribution >= 4 is 11.7 Å². The third-order valence-electron chi connectivity index (χ3n) is 2.71. The van der Waals surface area contributed by atoms with Crippen LogP contribution in [0.4, 0.5) is 16.1 Å². The summed E-state index contributed by atoms with van der Waals surface area (Å²) < 4.78 is 18.6. The van der Waals surface area contributed by atoms with Gasteiger partial charge in [0.1, 0.15) is 12.1 Å². The first kappa shape index (κ1) is 13.5. The molecule has 0 amide bonds. The van der Waals surface area contributed by atoms with Crippen LogP contribution < -0.4 is 10.2 Å². The first-order valence-electron chi connectivity index (χ1n) is 6.23. The van der Waals surface area contributed by atoms with Gasteiger partial charge in [-0.25, -0.2) is 4.39 Å². The fraction of sp³-hybridized carbons (Fsp3) is 0.357. The predicted octanol–water partition coefficient (Wildman–Crippen LogP) is 3.08. The van der Waals surface area contributed by atoms with Crippen LogP contribution in [0.2, 0.25) is 0 Å². The first-order valence-corrected chi connectivity index (χ1v) is 6.23. The van der Waals surface area contributed by atoms with E-state index in [0.717, 1.165) is 5.69 Å². The summed E-state index contributed by atoms with van der Waals surface area (Å²) in [5, 5.41) is 3.26. The number of aromatic nitrogens is 1. The lowest BCUT2D eigenvalue weighted by molar-refractivity contribution is 0.551. The monoisotopic (exact) mass is 263 g/mol. The first-order chi connectivity index (χ1) is 9.06. The van der Waals surface area contributed by atoms with Crippen LogP contribution in [0.25, 0.3) is 0 Å². The second-order valence-electron chi connectivity index (χ2n) is 4.70. The highest BCUT2D eigenvalue weighted by Crippen LogP contribution is 2.23. The quantitative estimate of drug-likeness (QED) is 0.900. The number of anilines is 2. The molecule has 1 N–H and O–H groups in total. The molecule has 19 heavy (non-hydrogen) atoms. The number of nitrogens with one attached hydrogen (secondary N) is 1. The molecule has 2 aromatic rings. The number of rotatable bonds is 5. The van der Waals surface area contributed by atoms with Crippen LogP contribution in [-0.4, -0.2) is 18.1 Å². The second kappa shape index (κ2) is 5.84. The lowest BCUT2D eigenvalue weighted by Gasteiger charge is -2.14. The van der Waals surface area contributed by atoms with Crippen molar-refractivity contribution < 1.29 is 8.81 Å². The van der Waals surface area contributed by atoms with Gasteiger partial charge in [-0.05, 0) is 18.2 Å². The molecule has 4 nitrogen and oxygen atoms in total. The van der Waals surface area contributed by atoms with Crippen molar-refractivity contribution in [1.82, 2.24) is 10.3 Å². The standard InChI is InChI=1S/C14H18FN3O/c1-10(2)16-8-12-9-19-14(17-12)18(3)13-6-4-5-11(15)7-13/h4-7,9-10,16H,8H2,1-3H3. The van der Waals surface area contributed by atoms with Crippen LogP contribution in [-0.2, 0) is 6.54 Å². The van der Waals surface area contributed by atoms with Gasteiger partial charge in [0.25, 0.3) is 0 Å². The van der Waals surface area contributed by atoms with Crippen molar-refractivity contribution in [2.24, 2.45) is 0 Å². The molecule has 1 heterocycles. The van der Waals surface area contributed by atoms with E-state index in [9.17, 15) is 4.39 Å². The number of oxazole rings is 1. The minimum absolute atomic E-state index is 0.280.